The van der Waals surface area contributed by atoms with Crippen LogP contribution in [0.4, 0.5) is 0 Å². The third-order valence-corrected chi connectivity index (χ3v) is 12.9. The Kier molecular flexibility index (Phi) is 15.6. The molecule has 19 nitrogen and oxygen atoms in total. The number of nitrogens with one attached hydrogen (secondary N) is 1. The molecule has 3 aliphatic carbocycles. The van der Waals surface area contributed by atoms with E-state index in [1.54, 1.807) is 34.3 Å². The molecule has 1 amide bonds. The van der Waals surface area contributed by atoms with Gasteiger partial charge in [-0.25, -0.2) is 0 Å². The van der Waals surface area contributed by atoms with E-state index in [1.165, 1.54) is 45.4 Å². The molecule has 1 fully saturated rings. The highest BCUT2D eigenvalue weighted by Gasteiger charge is 2.50. The van der Waals surface area contributed by atoms with Crippen molar-refractivity contribution < 1.29 is 77.9 Å². The van der Waals surface area contributed by atoms with Gasteiger partial charge in [0.2, 0.25) is 22.9 Å². The van der Waals surface area contributed by atoms with E-state index in [0.717, 1.165) is 16.7 Å². The molecule has 7 atom stereocenters. The van der Waals surface area contributed by atoms with Gasteiger partial charge in [0.25, 0.3) is 0 Å². The summed E-state index contributed by atoms with van der Waals surface area (Å²) in [6.45, 7) is 2.02. The predicted molar refractivity (Wildman–Crippen MR) is 248 cm³/mol. The van der Waals surface area contributed by atoms with Crippen LogP contribution in [0, 0.1) is 0 Å². The van der Waals surface area contributed by atoms with Crippen molar-refractivity contribution in [2.24, 2.45) is 5.73 Å². The van der Waals surface area contributed by atoms with Crippen molar-refractivity contribution in [1.29, 1.82) is 0 Å². The van der Waals surface area contributed by atoms with Crippen molar-refractivity contribution in [2.45, 2.75) is 88.2 Å². The van der Waals surface area contributed by atoms with E-state index in [0.29, 0.717) is 35.7 Å². The van der Waals surface area contributed by atoms with Crippen LogP contribution in [0.1, 0.15) is 99.4 Å². The van der Waals surface area contributed by atoms with E-state index in [9.17, 15) is 49.5 Å². The number of nitrogens with two attached hydrogens (primary N) is 1. The predicted octanol–water partition coefficient (Wildman–Crippen LogP) is 3.29. The number of Topliss-reactive ketones (excluding diaryl/α,β-unsaturated/α-hetero) is 1. The third-order valence-electron chi connectivity index (χ3n) is 12.9. The number of amides is 1. The second-order valence-electron chi connectivity index (χ2n) is 16.9. The van der Waals surface area contributed by atoms with Gasteiger partial charge in [0, 0.05) is 54.5 Å². The van der Waals surface area contributed by atoms with Crippen LogP contribution in [0.5, 0.6) is 40.2 Å². The molecular weight excluding hydrogens is 924 g/mol. The number of carbonyl (C=O) groups is 4. The minimum atomic E-state index is -2.24. The monoisotopic (exact) mass is 978 g/mol. The fourth-order valence-corrected chi connectivity index (χ4v) is 9.61. The highest BCUT2D eigenvalue weighted by Crippen LogP contribution is 2.53. The van der Waals surface area contributed by atoms with E-state index in [1.807, 2.05) is 12.1 Å². The first-order valence-electron chi connectivity index (χ1n) is 21.7. The van der Waals surface area contributed by atoms with E-state index in [2.05, 4.69) is 5.32 Å². The number of ether oxygens (including phenoxy) is 7. The summed E-state index contributed by atoms with van der Waals surface area (Å²) in [5.41, 5.74) is 5.38. The molecule has 0 aromatic heterocycles. The summed E-state index contributed by atoms with van der Waals surface area (Å²) in [7, 11) is 7.46. The zero-order valence-corrected chi connectivity index (χ0v) is 39.7. The summed E-state index contributed by atoms with van der Waals surface area (Å²) < 4.78 is 39.0. The minimum Gasteiger partial charge on any atom is -0.507 e. The molecule has 0 radical (unpaired) electrons. The Bertz CT molecular complexity index is 2750. The average Bonchev–Trinajstić information content (AvgIpc) is 3.56. The molecule has 0 bridgehead atoms. The van der Waals surface area contributed by atoms with E-state index < -0.39 is 95.7 Å². The van der Waals surface area contributed by atoms with Gasteiger partial charge < -0.3 is 69.7 Å². The van der Waals surface area contributed by atoms with Gasteiger partial charge in [0.1, 0.15) is 29.5 Å². The van der Waals surface area contributed by atoms with Crippen LogP contribution in [0.25, 0.3) is 11.1 Å². The van der Waals surface area contributed by atoms with Crippen LogP contribution >= 0.6 is 12.4 Å². The Morgan fingerprint density at radius 2 is 1.51 bits per heavy atom. The largest absolute Gasteiger partial charge is 0.507 e. The number of ketones is 3. The van der Waals surface area contributed by atoms with Crippen LogP contribution < -0.4 is 40.2 Å². The fourth-order valence-electron chi connectivity index (χ4n) is 9.61. The van der Waals surface area contributed by atoms with Crippen molar-refractivity contribution >= 4 is 35.7 Å². The molecule has 1 heterocycles. The molecule has 20 heteroatoms. The van der Waals surface area contributed by atoms with Crippen LogP contribution in [-0.4, -0.2) is 121 Å². The summed E-state index contributed by atoms with van der Waals surface area (Å²) in [6.07, 6.45) is -3.85. The smallest absolute Gasteiger partial charge is 0.220 e. The number of hydrogen-bond acceptors (Lipinski definition) is 18. The number of benzene rings is 3. The number of carbonyl (C=O) groups excluding carboxylic acids is 4. The van der Waals surface area contributed by atoms with Crippen molar-refractivity contribution in [1.82, 2.24) is 5.32 Å². The zero-order chi connectivity index (χ0) is 49.5. The van der Waals surface area contributed by atoms with E-state index in [-0.39, 0.29) is 70.0 Å². The van der Waals surface area contributed by atoms with Crippen molar-refractivity contribution in [2.75, 3.05) is 42.2 Å². The van der Waals surface area contributed by atoms with Crippen LogP contribution in [0.2, 0.25) is 0 Å². The molecule has 8 N–H and O–H groups in total. The normalized spacial score (nSPS) is 23.1. The van der Waals surface area contributed by atoms with Crippen LogP contribution in [0.15, 0.2) is 47.3 Å². The third kappa shape index (κ3) is 9.30. The molecule has 0 unspecified atom stereocenters. The second kappa shape index (κ2) is 20.7. The Morgan fingerprint density at radius 1 is 0.841 bits per heavy atom. The molecule has 4 aliphatic rings. The average molecular weight is 979 g/mol. The van der Waals surface area contributed by atoms with Gasteiger partial charge in [-0.05, 0) is 60.7 Å². The number of fused-ring (bicyclic) bond motifs is 6. The Morgan fingerprint density at radius 3 is 2.12 bits per heavy atom. The highest BCUT2D eigenvalue weighted by atomic mass is 35.5. The number of methoxy groups -OCH3 is 5. The van der Waals surface area contributed by atoms with Gasteiger partial charge in [0.05, 0.1) is 76.6 Å². The number of phenolic OH excluding ortho intramolecular Hbond substituents is 2. The van der Waals surface area contributed by atoms with Crippen LogP contribution in [0.3, 0.4) is 0 Å². The number of aromatic hydroxyl groups is 2. The second-order valence-corrected chi connectivity index (χ2v) is 16.9. The zero-order valence-electron chi connectivity index (χ0n) is 38.9. The van der Waals surface area contributed by atoms with Crippen molar-refractivity contribution in [3.63, 3.8) is 0 Å². The number of aryl methyl sites for hydroxylation is 1. The minimum absolute atomic E-state index is 0. The van der Waals surface area contributed by atoms with Gasteiger partial charge in [-0.1, -0.05) is 18.2 Å². The molecule has 0 spiro atoms. The Labute approximate surface area is 402 Å². The lowest BCUT2D eigenvalue weighted by atomic mass is 9.72. The lowest BCUT2D eigenvalue weighted by Crippen LogP contribution is -2.53. The molecule has 1 aliphatic heterocycles. The molecule has 370 valence electrons. The first kappa shape index (κ1) is 52.1. The van der Waals surface area contributed by atoms with Crippen LogP contribution in [-0.2, 0) is 31.9 Å². The molecule has 0 saturated carbocycles. The topological polar surface area (TPSA) is 289 Å². The molecule has 4 aromatic rings. The van der Waals surface area contributed by atoms with E-state index >= 15 is 0 Å². The summed E-state index contributed by atoms with van der Waals surface area (Å²) in [4.78, 5) is 64.2. The number of phenols is 2. The molecular formula is C49H55ClN2O17. The fraction of sp³-hybridized carbons (Fsp3) is 0.408. The van der Waals surface area contributed by atoms with Gasteiger partial charge in [-0.15, -0.1) is 12.4 Å². The van der Waals surface area contributed by atoms with Gasteiger partial charge >= 0.3 is 0 Å². The summed E-state index contributed by atoms with van der Waals surface area (Å²) in [5.74, 6) is -2.17. The lowest BCUT2D eigenvalue weighted by molar-refractivity contribution is -0.247. The van der Waals surface area contributed by atoms with E-state index in [4.69, 9.17) is 38.9 Å². The number of hydrogen-bond donors (Lipinski definition) is 7. The van der Waals surface area contributed by atoms with Gasteiger partial charge in [-0.3, -0.25) is 24.0 Å². The summed E-state index contributed by atoms with van der Waals surface area (Å²) >= 11 is 0. The molecule has 4 aromatic carbocycles. The number of aliphatic hydroxyl groups excluding tert-OH is 2. The Balaban J connectivity index is 0.000000233. The van der Waals surface area contributed by atoms with Crippen molar-refractivity contribution in [3.05, 3.63) is 97.2 Å². The lowest BCUT2D eigenvalue weighted by Gasteiger charge is -2.42. The SMILES string of the molecule is COc1cc2c(c(OC)c1OC)-c1ccc(OC)c(=O)cc1[C@@H](NC(C)=O)CC2.COc1cccc2c1C(=O)c1c(O)c3c(c(O)c1C2=O)C[C@@](O)(C(=O)CO)C[C@@H]3O[C@H]1C[C@H](N)[C@H](O)[C@H](C)O1.Cl. The quantitative estimate of drug-likeness (QED) is 0.0988. The standard InChI is InChI=1S/C27H29NO11.C22H25NO6.ClH/c1-10-22(31)13(28)6-17(38-10)39-15-8-27(36,16(30)9-29)7-12-19(15)26(35)21-20(24(12)33)23(32)11-4-3-5-14(37-2)18(11)25(21)34;1-12(24)23-16-8-6-13-10-19(27-3)21(28-4)22(29-5)20(13)14-7-9-18(26-2)17(25)11-15(14)16;/h3-5,10,13,15,17,22,29,31,33,35-36H,6-9,28H2,1-2H3;7,9-11,16H,6,8H2,1-5H3,(H,23,24);1H/t10-,13-,15-,17-,22+,27-;16-;/m00./s1. The first-order chi connectivity index (χ1) is 32.4. The number of aliphatic hydroxyl groups is 3. The number of rotatable bonds is 10. The molecule has 69 heavy (non-hydrogen) atoms. The maximum atomic E-state index is 13.6. The Hall–Kier alpha value is -6.32. The maximum Gasteiger partial charge on any atom is 0.220 e. The highest BCUT2D eigenvalue weighted by molar-refractivity contribution is 6.31. The first-order valence-corrected chi connectivity index (χ1v) is 21.7. The van der Waals surface area contributed by atoms with Gasteiger partial charge in [0.15, 0.2) is 35.1 Å². The summed E-state index contributed by atoms with van der Waals surface area (Å²) in [5, 5.41) is 56.7. The molecule has 1 saturated heterocycles. The number of halogens is 1. The summed E-state index contributed by atoms with van der Waals surface area (Å²) in [6, 6.07) is 10.2. The van der Waals surface area contributed by atoms with Crippen molar-refractivity contribution in [3.8, 4) is 51.4 Å². The molecule has 8 rings (SSSR count). The maximum absolute atomic E-state index is 13.6. The van der Waals surface area contributed by atoms with Gasteiger partial charge in [-0.2, -0.15) is 0 Å².